The number of β-lactam (4-membered cyclic amide) rings is 1. The van der Waals surface area contributed by atoms with Crippen LogP contribution in [0, 0.1) is 0 Å². The average molecular weight is 553 g/mol. The standard InChI is InChI=1S/C19H16F3N3O4S.C2HF3O2/c20-19(21,22)11-2-1-3-12(7-11)24-5-4-9(15(24)26)6-10-8-30-17-13(23)16(27)25(17)14(10)18(28)29;3-2(4,5)1(6)7/h1-3,6-7,13,17H,4-5,8,23H2,(H,28,29);(H,6,7)/b9-6+;/t13-,17-;/m1./s1. The van der Waals surface area contributed by atoms with Crippen molar-refractivity contribution < 1.29 is 55.7 Å². The molecule has 0 saturated carbocycles. The van der Waals surface area contributed by atoms with Crippen LogP contribution in [0.15, 0.2) is 47.2 Å². The van der Waals surface area contributed by atoms with Gasteiger partial charge in [0.1, 0.15) is 17.1 Å². The van der Waals surface area contributed by atoms with E-state index in [1.807, 2.05) is 0 Å². The van der Waals surface area contributed by atoms with E-state index in [4.69, 9.17) is 15.6 Å². The van der Waals surface area contributed by atoms with Gasteiger partial charge in [-0.3, -0.25) is 14.5 Å². The third-order valence-corrected chi connectivity index (χ3v) is 6.77. The molecule has 3 aliphatic rings. The van der Waals surface area contributed by atoms with E-state index in [9.17, 15) is 45.8 Å². The predicted octanol–water partition coefficient (Wildman–Crippen LogP) is 2.58. The molecular weight excluding hydrogens is 536 g/mol. The number of nitrogens with two attached hydrogens (primary N) is 1. The molecule has 0 aliphatic carbocycles. The molecule has 16 heteroatoms. The van der Waals surface area contributed by atoms with Gasteiger partial charge in [0.25, 0.3) is 5.91 Å². The number of aliphatic carboxylic acids is 2. The number of allylic oxidation sites excluding steroid dienone is 1. The summed E-state index contributed by atoms with van der Waals surface area (Å²) in [6, 6.07) is 3.72. The Balaban J connectivity index is 0.000000479. The summed E-state index contributed by atoms with van der Waals surface area (Å²) in [4.78, 5) is 47.8. The minimum absolute atomic E-state index is 0.118. The average Bonchev–Trinajstić information content (AvgIpc) is 3.17. The van der Waals surface area contributed by atoms with E-state index in [0.717, 1.165) is 17.0 Å². The third kappa shape index (κ3) is 5.74. The molecule has 2 atom stereocenters. The largest absolute Gasteiger partial charge is 0.490 e. The van der Waals surface area contributed by atoms with Gasteiger partial charge >= 0.3 is 24.3 Å². The van der Waals surface area contributed by atoms with Crippen molar-refractivity contribution in [2.45, 2.75) is 30.2 Å². The quantitative estimate of drug-likeness (QED) is 0.295. The van der Waals surface area contributed by atoms with Gasteiger partial charge in [0, 0.05) is 23.6 Å². The number of carboxylic acid groups (broad SMARTS) is 2. The SMILES string of the molecule is N[C@@H]1C(=O)N2C(C(=O)O)=C(/C=C3\CCN(c4cccc(C(F)(F)F)c4)C3=O)CS[C@H]12.O=C(O)C(F)(F)F. The van der Waals surface area contributed by atoms with Gasteiger partial charge in [0.2, 0.25) is 5.91 Å². The Labute approximate surface area is 208 Å². The number of carboxylic acids is 2. The third-order valence-electron chi connectivity index (χ3n) is 5.44. The molecular formula is C21H17F6N3O6S. The summed E-state index contributed by atoms with van der Waals surface area (Å²) in [6.07, 6.45) is -7.94. The first-order valence-corrected chi connectivity index (χ1v) is 11.3. The molecule has 3 aliphatic heterocycles. The first kappa shape index (κ1) is 28.0. The highest BCUT2D eigenvalue weighted by Gasteiger charge is 2.51. The molecule has 2 fully saturated rings. The molecule has 0 bridgehead atoms. The molecule has 0 radical (unpaired) electrons. The lowest BCUT2D eigenvalue weighted by atomic mass is 10.0. The minimum Gasteiger partial charge on any atom is -0.477 e. The maximum Gasteiger partial charge on any atom is 0.490 e. The Morgan fingerprint density at radius 2 is 1.73 bits per heavy atom. The van der Waals surface area contributed by atoms with Crippen LogP contribution in [0.3, 0.4) is 0 Å². The van der Waals surface area contributed by atoms with Crippen molar-refractivity contribution in [1.82, 2.24) is 4.90 Å². The van der Waals surface area contributed by atoms with Crippen molar-refractivity contribution in [2.24, 2.45) is 5.73 Å². The topological polar surface area (TPSA) is 141 Å². The van der Waals surface area contributed by atoms with Gasteiger partial charge < -0.3 is 20.8 Å². The fraction of sp³-hybridized carbons (Fsp3) is 0.333. The highest BCUT2D eigenvalue weighted by Crippen LogP contribution is 2.41. The van der Waals surface area contributed by atoms with Crippen LogP contribution in [0.4, 0.5) is 32.0 Å². The second-order valence-electron chi connectivity index (χ2n) is 7.84. The van der Waals surface area contributed by atoms with Crippen molar-refractivity contribution in [3.8, 4) is 0 Å². The Bertz CT molecular complexity index is 1210. The zero-order valence-corrected chi connectivity index (χ0v) is 19.2. The summed E-state index contributed by atoms with van der Waals surface area (Å²) in [6.45, 7) is 0.172. The number of hydrogen-bond acceptors (Lipinski definition) is 6. The highest BCUT2D eigenvalue weighted by molar-refractivity contribution is 8.00. The van der Waals surface area contributed by atoms with Gasteiger partial charge in [0.05, 0.1) is 5.56 Å². The van der Waals surface area contributed by atoms with E-state index in [1.165, 1.54) is 34.9 Å². The molecule has 1 aromatic rings. The Hall–Kier alpha value is -3.53. The second kappa shape index (κ2) is 10.1. The Kier molecular flexibility index (Phi) is 7.64. The molecule has 0 aromatic heterocycles. The monoisotopic (exact) mass is 553 g/mol. The lowest BCUT2D eigenvalue weighted by Crippen LogP contribution is -2.68. The summed E-state index contributed by atoms with van der Waals surface area (Å²) in [5.74, 6) is -4.79. The van der Waals surface area contributed by atoms with Crippen molar-refractivity contribution >= 4 is 41.2 Å². The number of carbonyl (C=O) groups excluding carboxylic acids is 2. The van der Waals surface area contributed by atoms with Gasteiger partial charge in [-0.15, -0.1) is 11.8 Å². The van der Waals surface area contributed by atoms with Crippen LogP contribution >= 0.6 is 11.8 Å². The number of carbonyl (C=O) groups is 4. The number of thioether (sulfide) groups is 1. The summed E-state index contributed by atoms with van der Waals surface area (Å²) < 4.78 is 70.6. The number of amides is 2. The maximum atomic E-state index is 13.0. The summed E-state index contributed by atoms with van der Waals surface area (Å²) in [5, 5.41) is 16.3. The zero-order chi connectivity index (χ0) is 27.9. The molecule has 0 unspecified atom stereocenters. The number of rotatable bonds is 3. The van der Waals surface area contributed by atoms with Crippen molar-refractivity contribution in [3.05, 3.63) is 52.7 Å². The van der Waals surface area contributed by atoms with E-state index in [2.05, 4.69) is 0 Å². The van der Waals surface area contributed by atoms with Crippen LogP contribution in [0.25, 0.3) is 0 Å². The molecule has 1 aromatic carbocycles. The lowest BCUT2D eigenvalue weighted by molar-refractivity contribution is -0.192. The second-order valence-corrected chi connectivity index (χ2v) is 8.95. The van der Waals surface area contributed by atoms with Crippen LogP contribution in [0.2, 0.25) is 0 Å². The molecule has 2 amide bonds. The fourth-order valence-corrected chi connectivity index (χ4v) is 4.96. The fourth-order valence-electron chi connectivity index (χ4n) is 3.71. The predicted molar refractivity (Wildman–Crippen MR) is 116 cm³/mol. The molecule has 3 heterocycles. The molecule has 0 spiro atoms. The normalized spacial score (nSPS) is 22.9. The molecule has 9 nitrogen and oxygen atoms in total. The van der Waals surface area contributed by atoms with Gasteiger partial charge in [-0.1, -0.05) is 6.07 Å². The van der Waals surface area contributed by atoms with Gasteiger partial charge in [0.15, 0.2) is 0 Å². The first-order valence-electron chi connectivity index (χ1n) is 10.2. The molecule has 37 heavy (non-hydrogen) atoms. The molecule has 200 valence electrons. The maximum absolute atomic E-state index is 13.0. The van der Waals surface area contributed by atoms with Crippen LogP contribution < -0.4 is 10.6 Å². The van der Waals surface area contributed by atoms with E-state index in [-0.39, 0.29) is 35.7 Å². The summed E-state index contributed by atoms with van der Waals surface area (Å²) >= 11 is 1.30. The van der Waals surface area contributed by atoms with Gasteiger partial charge in [-0.25, -0.2) is 9.59 Å². The van der Waals surface area contributed by atoms with Gasteiger partial charge in [-0.05, 0) is 36.3 Å². The van der Waals surface area contributed by atoms with Crippen molar-refractivity contribution in [1.29, 1.82) is 0 Å². The van der Waals surface area contributed by atoms with Crippen LogP contribution in [-0.4, -0.2) is 68.8 Å². The molecule has 4 N–H and O–H groups in total. The lowest BCUT2D eigenvalue weighted by Gasteiger charge is -2.47. The smallest absolute Gasteiger partial charge is 0.477 e. The minimum atomic E-state index is -5.08. The molecule has 2 saturated heterocycles. The van der Waals surface area contributed by atoms with E-state index >= 15 is 0 Å². The van der Waals surface area contributed by atoms with Crippen LogP contribution in [0.1, 0.15) is 12.0 Å². The number of hydrogen-bond donors (Lipinski definition) is 3. The van der Waals surface area contributed by atoms with E-state index < -0.39 is 53.1 Å². The van der Waals surface area contributed by atoms with Crippen LogP contribution in [0.5, 0.6) is 0 Å². The number of alkyl halides is 6. The Morgan fingerprint density at radius 1 is 1.11 bits per heavy atom. The number of nitrogens with zero attached hydrogens (tertiary/aromatic N) is 2. The Morgan fingerprint density at radius 3 is 2.27 bits per heavy atom. The van der Waals surface area contributed by atoms with Crippen molar-refractivity contribution in [2.75, 3.05) is 17.2 Å². The van der Waals surface area contributed by atoms with E-state index in [1.54, 1.807) is 0 Å². The zero-order valence-electron chi connectivity index (χ0n) is 18.3. The number of fused-ring (bicyclic) bond motifs is 1. The van der Waals surface area contributed by atoms with Gasteiger partial charge in [-0.2, -0.15) is 26.3 Å². The van der Waals surface area contributed by atoms with E-state index in [0.29, 0.717) is 5.57 Å². The number of benzene rings is 1. The number of halogens is 6. The first-order chi connectivity index (χ1) is 17.0. The highest BCUT2D eigenvalue weighted by atomic mass is 32.2. The summed E-state index contributed by atoms with van der Waals surface area (Å²) in [5.41, 5.74) is 5.35. The number of anilines is 1. The summed E-state index contributed by atoms with van der Waals surface area (Å²) in [7, 11) is 0. The van der Waals surface area contributed by atoms with Crippen molar-refractivity contribution in [3.63, 3.8) is 0 Å². The molecule has 4 rings (SSSR count). The van der Waals surface area contributed by atoms with Crippen LogP contribution in [-0.2, 0) is 25.4 Å².